The lowest BCUT2D eigenvalue weighted by atomic mass is 10.0. The Labute approximate surface area is 394 Å². The third kappa shape index (κ3) is 6.88. The summed E-state index contributed by atoms with van der Waals surface area (Å²) in [5.74, 6) is 0.846. The summed E-state index contributed by atoms with van der Waals surface area (Å²) in [5, 5.41) is 12.6. The van der Waals surface area contributed by atoms with Gasteiger partial charge in [0.25, 0.3) is 0 Å². The fourth-order valence-corrected chi connectivity index (χ4v) is 10.3. The molecule has 3 heterocycles. The highest BCUT2D eigenvalue weighted by molar-refractivity contribution is 6.13. The molecule has 1 aliphatic rings. The first-order valence-electron chi connectivity index (χ1n) is 23.3. The third-order valence-corrected chi connectivity index (χ3v) is 13.6. The fraction of sp³-hybridized carbons (Fsp3) is 0.0317. The Bertz CT molecular complexity index is 3830. The van der Waals surface area contributed by atoms with E-state index in [0.717, 1.165) is 44.9 Å². The number of aliphatic imine (C=N–C) groups is 1. The lowest BCUT2D eigenvalue weighted by Crippen LogP contribution is -2.45. The number of rotatable bonds is 8. The first-order valence-corrected chi connectivity index (χ1v) is 23.3. The number of nitrogens with zero attached hydrogens (tertiary/aromatic N) is 3. The van der Waals surface area contributed by atoms with Crippen molar-refractivity contribution in [3.8, 4) is 44.8 Å². The molecular weight excluding hydrogens is 827 g/mol. The number of para-hydroxylation sites is 2. The van der Waals surface area contributed by atoms with Gasteiger partial charge < -0.3 is 14.5 Å². The van der Waals surface area contributed by atoms with E-state index < -0.39 is 0 Å². The molecule has 0 saturated heterocycles. The minimum Gasteiger partial charge on any atom is -0.350 e. The Kier molecular flexibility index (Phi) is 9.66. The summed E-state index contributed by atoms with van der Waals surface area (Å²) < 4.78 is 4.92. The zero-order chi connectivity index (χ0) is 45.0. The van der Waals surface area contributed by atoms with Gasteiger partial charge in [-0.3, -0.25) is 5.32 Å². The zero-order valence-electron chi connectivity index (χ0n) is 37.2. The molecule has 0 saturated carbocycles. The van der Waals surface area contributed by atoms with Crippen LogP contribution < -0.4 is 10.6 Å². The van der Waals surface area contributed by atoms with Crippen molar-refractivity contribution >= 4 is 49.4 Å². The van der Waals surface area contributed by atoms with Crippen molar-refractivity contribution in [1.29, 1.82) is 0 Å². The number of hydrogen-bond donors (Lipinski definition) is 2. The molecule has 68 heavy (non-hydrogen) atoms. The van der Waals surface area contributed by atoms with Crippen molar-refractivity contribution in [3.05, 3.63) is 265 Å². The number of amidine groups is 1. The molecule has 2 N–H and O–H groups in total. The molecule has 0 aliphatic carbocycles. The molecule has 5 nitrogen and oxygen atoms in total. The number of benzene rings is 10. The van der Waals surface area contributed by atoms with E-state index in [0.29, 0.717) is 0 Å². The normalized spacial score (nSPS) is 14.9. The number of hydrogen-bond acceptors (Lipinski definition) is 3. The summed E-state index contributed by atoms with van der Waals surface area (Å²) in [6.07, 6.45) is -0.598. The van der Waals surface area contributed by atoms with Crippen molar-refractivity contribution in [3.63, 3.8) is 0 Å². The molecule has 2 atom stereocenters. The van der Waals surface area contributed by atoms with E-state index >= 15 is 0 Å². The Hall–Kier alpha value is -8.77. The van der Waals surface area contributed by atoms with Crippen LogP contribution in [0.15, 0.2) is 254 Å². The van der Waals surface area contributed by atoms with Gasteiger partial charge in [-0.15, -0.1) is 0 Å². The molecule has 2 aromatic heterocycles. The molecule has 0 bridgehead atoms. The van der Waals surface area contributed by atoms with E-state index in [1.54, 1.807) is 0 Å². The van der Waals surface area contributed by atoms with E-state index in [4.69, 9.17) is 4.99 Å². The van der Waals surface area contributed by atoms with Crippen molar-refractivity contribution in [2.45, 2.75) is 12.3 Å². The molecule has 10 aromatic carbocycles. The summed E-state index contributed by atoms with van der Waals surface area (Å²) in [6, 6.07) is 89.6. The Morgan fingerprint density at radius 2 is 0.794 bits per heavy atom. The summed E-state index contributed by atoms with van der Waals surface area (Å²) in [5.41, 5.74) is 17.1. The van der Waals surface area contributed by atoms with Gasteiger partial charge in [-0.05, 0) is 75.3 Å². The molecule has 13 rings (SSSR count). The first kappa shape index (κ1) is 39.6. The van der Waals surface area contributed by atoms with Crippen LogP contribution in [0.25, 0.3) is 88.4 Å². The first-order chi connectivity index (χ1) is 33.7. The van der Waals surface area contributed by atoms with Crippen LogP contribution in [0, 0.1) is 0 Å². The molecular formula is C63H45N5. The highest BCUT2D eigenvalue weighted by atomic mass is 15.3. The topological polar surface area (TPSA) is 46.3 Å². The lowest BCUT2D eigenvalue weighted by molar-refractivity contribution is 0.408. The summed E-state index contributed by atoms with van der Waals surface area (Å²) in [4.78, 5) is 5.50. The quantitative estimate of drug-likeness (QED) is 0.160. The maximum atomic E-state index is 5.50. The number of aromatic nitrogens is 2. The molecule has 322 valence electrons. The highest BCUT2D eigenvalue weighted by Gasteiger charge is 2.28. The molecule has 2 unspecified atom stereocenters. The minimum absolute atomic E-state index is 0.212. The van der Waals surface area contributed by atoms with Gasteiger partial charge in [-0.25, -0.2) is 4.99 Å². The zero-order valence-corrected chi connectivity index (χ0v) is 37.2. The lowest BCUT2D eigenvalue weighted by Gasteiger charge is -2.33. The number of nitrogens with one attached hydrogen (secondary N) is 2. The second-order valence-corrected chi connectivity index (χ2v) is 17.6. The number of fused-ring (bicyclic) bond motifs is 6. The standard InChI is InChI=1S/C63H45N5/c1-5-17-42(18-6-1)45-29-31-47(32-30-45)62-64-61(46-23-11-4-12-24-46)65-63(66-62)55-26-14-16-28-57(55)68-59-40-49(44-21-9-3-10-22-44)34-37-53(59)54-38-35-50(41-60(54)68)67-56-27-15-13-25-51(56)52-36-33-48(39-58(52)67)43-19-7-2-8-20-43/h1-41,62-63,66H,(H,64,65). The van der Waals surface area contributed by atoms with E-state index in [9.17, 15) is 0 Å². The molecule has 5 heteroatoms. The smallest absolute Gasteiger partial charge is 0.131 e. The molecule has 0 spiro atoms. The third-order valence-electron chi connectivity index (χ3n) is 13.6. The van der Waals surface area contributed by atoms with Gasteiger partial charge in [-0.1, -0.05) is 212 Å². The van der Waals surface area contributed by atoms with Crippen LogP contribution in [0.1, 0.15) is 29.0 Å². The summed E-state index contributed by atoms with van der Waals surface area (Å²) in [7, 11) is 0. The second-order valence-electron chi connectivity index (χ2n) is 17.6. The molecule has 0 fully saturated rings. The second kappa shape index (κ2) is 16.6. The maximum absolute atomic E-state index is 5.50. The average Bonchev–Trinajstić information content (AvgIpc) is 3.93. The van der Waals surface area contributed by atoms with Crippen molar-refractivity contribution in [2.24, 2.45) is 4.99 Å². The Balaban J connectivity index is 1.02. The van der Waals surface area contributed by atoms with E-state index in [1.807, 2.05) is 0 Å². The van der Waals surface area contributed by atoms with Crippen LogP contribution in [0.5, 0.6) is 0 Å². The SMILES string of the molecule is c1ccc(C2=NC(c3ccccc3-n3c4cc(-c5ccccc5)ccc4c4ccc(-n5c6ccccc6c6ccc(-c7ccccc7)cc65)cc43)NC(c3ccc(-c4ccccc4)cc3)N2)cc1. The van der Waals surface area contributed by atoms with Gasteiger partial charge in [0.05, 0.1) is 27.8 Å². The van der Waals surface area contributed by atoms with Crippen LogP contribution in [0.3, 0.4) is 0 Å². The predicted molar refractivity (Wildman–Crippen MR) is 283 cm³/mol. The average molecular weight is 872 g/mol. The largest absolute Gasteiger partial charge is 0.350 e. The molecule has 0 amide bonds. The van der Waals surface area contributed by atoms with Crippen LogP contribution in [-0.2, 0) is 0 Å². The predicted octanol–water partition coefficient (Wildman–Crippen LogP) is 15.2. The van der Waals surface area contributed by atoms with Gasteiger partial charge in [0.15, 0.2) is 0 Å². The summed E-state index contributed by atoms with van der Waals surface area (Å²) >= 11 is 0. The van der Waals surface area contributed by atoms with Crippen LogP contribution in [0.4, 0.5) is 0 Å². The fourth-order valence-electron chi connectivity index (χ4n) is 10.3. The maximum Gasteiger partial charge on any atom is 0.131 e. The Morgan fingerprint density at radius 1 is 0.338 bits per heavy atom. The van der Waals surface area contributed by atoms with Crippen molar-refractivity contribution in [2.75, 3.05) is 0 Å². The highest BCUT2D eigenvalue weighted by Crippen LogP contribution is 2.41. The van der Waals surface area contributed by atoms with Gasteiger partial charge in [-0.2, -0.15) is 0 Å². The van der Waals surface area contributed by atoms with E-state index in [1.165, 1.54) is 66.0 Å². The van der Waals surface area contributed by atoms with Crippen molar-refractivity contribution in [1.82, 2.24) is 19.8 Å². The molecule has 12 aromatic rings. The summed E-state index contributed by atoms with van der Waals surface area (Å²) in [6.45, 7) is 0. The van der Waals surface area contributed by atoms with Gasteiger partial charge in [0, 0.05) is 38.4 Å². The van der Waals surface area contributed by atoms with Crippen LogP contribution >= 0.6 is 0 Å². The van der Waals surface area contributed by atoms with E-state index in [2.05, 4.69) is 268 Å². The van der Waals surface area contributed by atoms with E-state index in [-0.39, 0.29) is 12.3 Å². The van der Waals surface area contributed by atoms with Crippen molar-refractivity contribution < 1.29 is 0 Å². The van der Waals surface area contributed by atoms with Gasteiger partial charge >= 0.3 is 0 Å². The molecule has 1 aliphatic heterocycles. The van der Waals surface area contributed by atoms with Gasteiger partial charge in [0.2, 0.25) is 0 Å². The minimum atomic E-state index is -0.386. The van der Waals surface area contributed by atoms with Crippen LogP contribution in [-0.4, -0.2) is 15.0 Å². The monoisotopic (exact) mass is 871 g/mol. The molecule has 0 radical (unpaired) electrons. The Morgan fingerprint density at radius 3 is 1.43 bits per heavy atom. The van der Waals surface area contributed by atoms with Gasteiger partial charge in [0.1, 0.15) is 18.2 Å². The van der Waals surface area contributed by atoms with Crippen LogP contribution in [0.2, 0.25) is 0 Å².